The topological polar surface area (TPSA) is 72.1 Å². The second-order valence-electron chi connectivity index (χ2n) is 7.45. The second-order valence-corrected chi connectivity index (χ2v) is 7.45. The van der Waals surface area contributed by atoms with Crippen LogP contribution in [-0.2, 0) is 11.2 Å². The number of carbonyl (C=O) groups is 1. The van der Waals surface area contributed by atoms with E-state index in [1.165, 1.54) is 5.56 Å². The first-order valence-corrected chi connectivity index (χ1v) is 9.68. The lowest BCUT2D eigenvalue weighted by Gasteiger charge is -2.30. The summed E-state index contributed by atoms with van der Waals surface area (Å²) in [6.45, 7) is 5.43. The fraction of sp³-hybridized carbons (Fsp3) is 0.364. The molecule has 0 aliphatic carbocycles. The van der Waals surface area contributed by atoms with Crippen molar-refractivity contribution in [1.29, 1.82) is 0 Å². The summed E-state index contributed by atoms with van der Waals surface area (Å²) >= 11 is 0. The Morgan fingerprint density at radius 2 is 1.82 bits per heavy atom. The zero-order valence-electron chi connectivity index (χ0n) is 16.3. The minimum Gasteiger partial charge on any atom is -0.420 e. The Hall–Kier alpha value is -3.02. The van der Waals surface area contributed by atoms with E-state index in [-0.39, 0.29) is 11.8 Å². The molecule has 3 heterocycles. The van der Waals surface area contributed by atoms with Gasteiger partial charge in [0.25, 0.3) is 0 Å². The van der Waals surface area contributed by atoms with E-state index in [0.29, 0.717) is 18.2 Å². The molecule has 3 aromatic rings. The third kappa shape index (κ3) is 4.11. The van der Waals surface area contributed by atoms with Gasteiger partial charge in [0.05, 0.1) is 12.0 Å². The lowest BCUT2D eigenvalue weighted by molar-refractivity contribution is -0.131. The zero-order valence-corrected chi connectivity index (χ0v) is 16.3. The number of amides is 1. The Kier molecular flexibility index (Phi) is 5.19. The van der Waals surface area contributed by atoms with E-state index < -0.39 is 0 Å². The Labute approximate surface area is 164 Å². The molecule has 1 saturated heterocycles. The van der Waals surface area contributed by atoms with Crippen molar-refractivity contribution >= 4 is 5.91 Å². The van der Waals surface area contributed by atoms with Gasteiger partial charge in [0, 0.05) is 30.9 Å². The molecular weight excluding hydrogens is 352 g/mol. The van der Waals surface area contributed by atoms with Crippen LogP contribution < -0.4 is 0 Å². The first-order chi connectivity index (χ1) is 13.6. The van der Waals surface area contributed by atoms with Crippen molar-refractivity contribution < 1.29 is 9.21 Å². The summed E-state index contributed by atoms with van der Waals surface area (Å²) in [4.78, 5) is 18.8. The molecular formula is C22H24N4O2. The minimum atomic E-state index is 0.180. The predicted octanol–water partition coefficient (Wildman–Crippen LogP) is 3.70. The zero-order chi connectivity index (χ0) is 19.5. The number of hydrogen-bond donors (Lipinski definition) is 0. The summed E-state index contributed by atoms with van der Waals surface area (Å²) in [6.07, 6.45) is 3.88. The van der Waals surface area contributed by atoms with E-state index in [4.69, 9.17) is 4.42 Å². The molecule has 0 atom stereocenters. The summed E-state index contributed by atoms with van der Waals surface area (Å²) in [5.41, 5.74) is 4.05. The average molecular weight is 376 g/mol. The lowest BCUT2D eigenvalue weighted by atomic mass is 9.96. The Morgan fingerprint density at radius 3 is 2.50 bits per heavy atom. The van der Waals surface area contributed by atoms with Crippen LogP contribution in [0, 0.1) is 13.8 Å². The second kappa shape index (κ2) is 7.92. The molecule has 1 aliphatic heterocycles. The third-order valence-corrected chi connectivity index (χ3v) is 5.27. The van der Waals surface area contributed by atoms with Crippen LogP contribution in [0.4, 0.5) is 0 Å². The summed E-state index contributed by atoms with van der Waals surface area (Å²) in [6, 6.07) is 12.0. The number of benzene rings is 1. The van der Waals surface area contributed by atoms with Crippen LogP contribution in [0.25, 0.3) is 11.5 Å². The van der Waals surface area contributed by atoms with Crippen LogP contribution in [0.2, 0.25) is 0 Å². The summed E-state index contributed by atoms with van der Waals surface area (Å²) < 4.78 is 5.89. The van der Waals surface area contributed by atoms with Gasteiger partial charge in [0.1, 0.15) is 0 Å². The van der Waals surface area contributed by atoms with Gasteiger partial charge in [-0.2, -0.15) is 0 Å². The molecule has 0 bridgehead atoms. The van der Waals surface area contributed by atoms with Gasteiger partial charge in [-0.1, -0.05) is 29.8 Å². The fourth-order valence-corrected chi connectivity index (χ4v) is 3.48. The van der Waals surface area contributed by atoms with Gasteiger partial charge in [-0.15, -0.1) is 10.2 Å². The minimum absolute atomic E-state index is 0.180. The maximum Gasteiger partial charge on any atom is 0.249 e. The monoisotopic (exact) mass is 376 g/mol. The molecule has 6 heteroatoms. The van der Waals surface area contributed by atoms with Crippen LogP contribution in [0.1, 0.15) is 41.5 Å². The predicted molar refractivity (Wildman–Crippen MR) is 106 cm³/mol. The molecule has 0 unspecified atom stereocenters. The SMILES string of the molecule is Cc1ccc(CC(=O)N2CCC(c3nnc(-c4ccc(C)nc4)o3)CC2)cc1. The summed E-state index contributed by atoms with van der Waals surface area (Å²) in [5.74, 6) is 1.53. The molecule has 1 amide bonds. The highest BCUT2D eigenvalue weighted by molar-refractivity contribution is 5.78. The van der Waals surface area contributed by atoms with E-state index in [0.717, 1.165) is 42.8 Å². The first kappa shape index (κ1) is 18.3. The molecule has 2 aromatic heterocycles. The summed E-state index contributed by atoms with van der Waals surface area (Å²) in [5, 5.41) is 8.41. The van der Waals surface area contributed by atoms with Crippen molar-refractivity contribution in [3.05, 3.63) is 65.3 Å². The fourth-order valence-electron chi connectivity index (χ4n) is 3.48. The molecule has 0 spiro atoms. The quantitative estimate of drug-likeness (QED) is 0.694. The molecule has 1 aliphatic rings. The van der Waals surface area contributed by atoms with Crippen molar-refractivity contribution in [2.24, 2.45) is 0 Å². The normalized spacial score (nSPS) is 15.0. The number of rotatable bonds is 4. The van der Waals surface area contributed by atoms with Crippen LogP contribution in [0.3, 0.4) is 0 Å². The lowest BCUT2D eigenvalue weighted by Crippen LogP contribution is -2.38. The molecule has 4 rings (SSSR count). The number of piperidine rings is 1. The third-order valence-electron chi connectivity index (χ3n) is 5.27. The average Bonchev–Trinajstić information content (AvgIpc) is 3.20. The van der Waals surface area contributed by atoms with E-state index >= 15 is 0 Å². The number of carbonyl (C=O) groups excluding carboxylic acids is 1. The van der Waals surface area contributed by atoms with Gasteiger partial charge in [-0.25, -0.2) is 0 Å². The highest BCUT2D eigenvalue weighted by Crippen LogP contribution is 2.29. The highest BCUT2D eigenvalue weighted by Gasteiger charge is 2.27. The number of hydrogen-bond acceptors (Lipinski definition) is 5. The van der Waals surface area contributed by atoms with Gasteiger partial charge < -0.3 is 9.32 Å². The number of pyridine rings is 1. The van der Waals surface area contributed by atoms with Gasteiger partial charge in [0.15, 0.2) is 0 Å². The number of aryl methyl sites for hydroxylation is 2. The number of aromatic nitrogens is 3. The molecule has 1 fully saturated rings. The van der Waals surface area contributed by atoms with E-state index in [2.05, 4.69) is 22.1 Å². The van der Waals surface area contributed by atoms with Crippen LogP contribution >= 0.6 is 0 Å². The van der Waals surface area contributed by atoms with Gasteiger partial charge in [-0.05, 0) is 44.4 Å². The molecule has 28 heavy (non-hydrogen) atoms. The van der Waals surface area contributed by atoms with Gasteiger partial charge >= 0.3 is 0 Å². The Balaban J connectivity index is 1.34. The molecule has 144 valence electrons. The van der Waals surface area contributed by atoms with Crippen LogP contribution in [-0.4, -0.2) is 39.1 Å². The van der Waals surface area contributed by atoms with Gasteiger partial charge in [-0.3, -0.25) is 9.78 Å². The Bertz CT molecular complexity index is 939. The summed E-state index contributed by atoms with van der Waals surface area (Å²) in [7, 11) is 0. The van der Waals surface area contributed by atoms with Crippen LogP contribution in [0.15, 0.2) is 47.0 Å². The van der Waals surface area contributed by atoms with Crippen LogP contribution in [0.5, 0.6) is 0 Å². The van der Waals surface area contributed by atoms with E-state index in [1.54, 1.807) is 6.20 Å². The van der Waals surface area contributed by atoms with E-state index in [1.807, 2.05) is 48.2 Å². The smallest absolute Gasteiger partial charge is 0.249 e. The van der Waals surface area contributed by atoms with Crippen molar-refractivity contribution in [3.8, 4) is 11.5 Å². The molecule has 1 aromatic carbocycles. The molecule has 0 radical (unpaired) electrons. The maximum absolute atomic E-state index is 12.6. The maximum atomic E-state index is 12.6. The molecule has 0 N–H and O–H groups in total. The van der Waals surface area contributed by atoms with Crippen molar-refractivity contribution in [2.75, 3.05) is 13.1 Å². The van der Waals surface area contributed by atoms with Crippen molar-refractivity contribution in [2.45, 2.75) is 39.0 Å². The highest BCUT2D eigenvalue weighted by atomic mass is 16.4. The molecule has 0 saturated carbocycles. The van der Waals surface area contributed by atoms with E-state index in [9.17, 15) is 4.79 Å². The number of nitrogens with zero attached hydrogens (tertiary/aromatic N) is 4. The Morgan fingerprint density at radius 1 is 1.07 bits per heavy atom. The number of likely N-dealkylation sites (tertiary alicyclic amines) is 1. The van der Waals surface area contributed by atoms with Gasteiger partial charge in [0.2, 0.25) is 17.7 Å². The molecule has 6 nitrogen and oxygen atoms in total. The van der Waals surface area contributed by atoms with Crippen molar-refractivity contribution in [1.82, 2.24) is 20.1 Å². The van der Waals surface area contributed by atoms with Crippen molar-refractivity contribution in [3.63, 3.8) is 0 Å². The first-order valence-electron chi connectivity index (χ1n) is 9.68. The largest absolute Gasteiger partial charge is 0.420 e. The standard InChI is InChI=1S/C22H24N4O2/c1-15-3-6-17(7-4-15)13-20(27)26-11-9-18(10-12-26)21-24-25-22(28-21)19-8-5-16(2)23-14-19/h3-8,14,18H,9-13H2,1-2H3.